The Kier molecular flexibility index (Phi) is 4.69. The lowest BCUT2D eigenvalue weighted by Crippen LogP contribution is -2.19. The van der Waals surface area contributed by atoms with Gasteiger partial charge in [-0.25, -0.2) is 18.6 Å². The molecule has 0 saturated carbocycles. The molecule has 1 aromatic rings. The van der Waals surface area contributed by atoms with Gasteiger partial charge in [-0.05, 0) is 6.07 Å². The third-order valence-electron chi connectivity index (χ3n) is 2.75. The van der Waals surface area contributed by atoms with E-state index in [2.05, 4.69) is 14.7 Å². The molecule has 2 rings (SSSR count). The molecule has 0 fully saturated rings. The van der Waals surface area contributed by atoms with Crippen LogP contribution in [0.5, 0.6) is 0 Å². The van der Waals surface area contributed by atoms with Crippen molar-refractivity contribution < 1.29 is 31.5 Å². The molecule has 120 valence electrons. The molecule has 1 aliphatic rings. The Balaban J connectivity index is 2.72. The highest BCUT2D eigenvalue weighted by atomic mass is 32.2. The summed E-state index contributed by atoms with van der Waals surface area (Å²) in [5.74, 6) is -0.710. The Morgan fingerprint density at radius 3 is 2.55 bits per heavy atom. The third kappa shape index (κ3) is 3.21. The molecule has 0 bridgehead atoms. The lowest BCUT2D eigenvalue weighted by atomic mass is 10.1. The fourth-order valence-corrected chi connectivity index (χ4v) is 2.71. The summed E-state index contributed by atoms with van der Waals surface area (Å²) in [6.07, 6.45) is -8.29. The van der Waals surface area contributed by atoms with Crippen LogP contribution in [0.1, 0.15) is 33.7 Å². The van der Waals surface area contributed by atoms with Crippen LogP contribution in [-0.2, 0) is 10.9 Å². The second kappa shape index (κ2) is 6.19. The quantitative estimate of drug-likeness (QED) is 0.626. The molecule has 0 radical (unpaired) electrons. The van der Waals surface area contributed by atoms with Crippen molar-refractivity contribution in [1.82, 2.24) is 4.98 Å². The maximum Gasteiger partial charge on any atom is 0.434 e. The highest BCUT2D eigenvalue weighted by Crippen LogP contribution is 2.36. The zero-order chi connectivity index (χ0) is 16.5. The van der Waals surface area contributed by atoms with Crippen molar-refractivity contribution in [2.75, 3.05) is 19.4 Å². The van der Waals surface area contributed by atoms with Crippen LogP contribution in [0.15, 0.2) is 11.1 Å². The van der Waals surface area contributed by atoms with Gasteiger partial charge in [0.05, 0.1) is 17.7 Å². The van der Waals surface area contributed by atoms with Crippen molar-refractivity contribution in [1.29, 1.82) is 0 Å². The van der Waals surface area contributed by atoms with Crippen molar-refractivity contribution >= 4 is 22.8 Å². The van der Waals surface area contributed by atoms with Crippen molar-refractivity contribution in [2.45, 2.75) is 12.6 Å². The molecule has 1 aromatic heterocycles. The number of ether oxygens (including phenoxy) is 1. The van der Waals surface area contributed by atoms with Crippen molar-refractivity contribution in [3.63, 3.8) is 0 Å². The van der Waals surface area contributed by atoms with Gasteiger partial charge in [0.15, 0.2) is 5.69 Å². The molecule has 0 aromatic carbocycles. The van der Waals surface area contributed by atoms with Crippen LogP contribution in [0.25, 0.3) is 0 Å². The molecule has 4 nitrogen and oxygen atoms in total. The van der Waals surface area contributed by atoms with Crippen molar-refractivity contribution in [3.8, 4) is 0 Å². The van der Waals surface area contributed by atoms with Crippen LogP contribution in [0.3, 0.4) is 0 Å². The van der Waals surface area contributed by atoms with E-state index < -0.39 is 41.1 Å². The van der Waals surface area contributed by atoms with E-state index in [0.29, 0.717) is 12.3 Å². The second-order valence-corrected chi connectivity index (χ2v) is 5.23. The molecule has 0 saturated heterocycles. The molecule has 0 atom stereocenters. The number of hydrogen-bond acceptors (Lipinski definition) is 5. The van der Waals surface area contributed by atoms with Crippen LogP contribution < -0.4 is 0 Å². The SMILES string of the molecule is COC(=O)c1cc(C2=NCCS2)c(C(F)(F)F)nc1C(F)F. The topological polar surface area (TPSA) is 51.5 Å². The minimum Gasteiger partial charge on any atom is -0.465 e. The lowest BCUT2D eigenvalue weighted by molar-refractivity contribution is -0.141. The lowest BCUT2D eigenvalue weighted by Gasteiger charge is -2.15. The highest BCUT2D eigenvalue weighted by Gasteiger charge is 2.39. The van der Waals surface area contributed by atoms with Gasteiger partial charge in [0.25, 0.3) is 6.43 Å². The molecular weight excluding hydrogens is 331 g/mol. The Hall–Kier alpha value is -1.71. The monoisotopic (exact) mass is 340 g/mol. The number of aliphatic imine (C=N–C) groups is 1. The minimum absolute atomic E-state index is 0.0193. The first-order valence-corrected chi connectivity index (χ1v) is 6.90. The first-order chi connectivity index (χ1) is 10.3. The standard InChI is InChI=1S/C12H9F5N2O2S/c1-21-11(20)5-4-6(10-18-2-3-22-10)8(12(15,16)17)19-7(5)9(13)14/h4,9H,2-3H2,1H3. The number of pyridine rings is 1. The van der Waals surface area contributed by atoms with Crippen LogP contribution in [-0.4, -0.2) is 35.4 Å². The van der Waals surface area contributed by atoms with Gasteiger partial charge in [-0.3, -0.25) is 4.99 Å². The number of esters is 1. The van der Waals surface area contributed by atoms with Crippen LogP contribution in [0.2, 0.25) is 0 Å². The molecule has 0 aliphatic carbocycles. The van der Waals surface area contributed by atoms with Gasteiger partial charge in [0.1, 0.15) is 5.69 Å². The Bertz CT molecular complexity index is 631. The third-order valence-corrected chi connectivity index (χ3v) is 3.76. The molecule has 0 unspecified atom stereocenters. The number of aromatic nitrogens is 1. The summed E-state index contributed by atoms with van der Waals surface area (Å²) >= 11 is 1.04. The summed E-state index contributed by atoms with van der Waals surface area (Å²) in [4.78, 5) is 18.4. The average molecular weight is 340 g/mol. The number of halogens is 5. The number of nitrogens with zero attached hydrogens (tertiary/aromatic N) is 2. The largest absolute Gasteiger partial charge is 0.465 e. The van der Waals surface area contributed by atoms with E-state index in [1.165, 1.54) is 0 Å². The molecule has 2 heterocycles. The average Bonchev–Trinajstić information content (AvgIpc) is 2.97. The fraction of sp³-hybridized carbons (Fsp3) is 0.417. The molecule has 10 heteroatoms. The Labute approximate surface area is 125 Å². The number of thioether (sulfide) groups is 1. The smallest absolute Gasteiger partial charge is 0.434 e. The Morgan fingerprint density at radius 1 is 1.41 bits per heavy atom. The number of hydrogen-bond donors (Lipinski definition) is 0. The van der Waals surface area contributed by atoms with Gasteiger partial charge in [0, 0.05) is 17.9 Å². The van der Waals surface area contributed by atoms with Crippen LogP contribution in [0, 0.1) is 0 Å². The van der Waals surface area contributed by atoms with Crippen LogP contribution >= 0.6 is 11.8 Å². The van der Waals surface area contributed by atoms with E-state index in [-0.39, 0.29) is 5.04 Å². The normalized spacial score (nSPS) is 15.1. The van der Waals surface area contributed by atoms with Gasteiger partial charge in [-0.1, -0.05) is 0 Å². The number of rotatable bonds is 3. The Morgan fingerprint density at radius 2 is 2.09 bits per heavy atom. The van der Waals surface area contributed by atoms with Gasteiger partial charge in [-0.15, -0.1) is 11.8 Å². The maximum absolute atomic E-state index is 13.1. The summed E-state index contributed by atoms with van der Waals surface area (Å²) < 4.78 is 69.4. The molecule has 22 heavy (non-hydrogen) atoms. The number of alkyl halides is 5. The van der Waals surface area contributed by atoms with Crippen molar-refractivity contribution in [3.05, 3.63) is 28.6 Å². The predicted molar refractivity (Wildman–Crippen MR) is 69.4 cm³/mol. The van der Waals surface area contributed by atoms with Crippen LogP contribution in [0.4, 0.5) is 22.0 Å². The van der Waals surface area contributed by atoms with Gasteiger partial charge in [-0.2, -0.15) is 13.2 Å². The van der Waals surface area contributed by atoms with E-state index in [0.717, 1.165) is 24.9 Å². The summed E-state index contributed by atoms with van der Waals surface area (Å²) in [6, 6.07) is 0.723. The number of carbonyl (C=O) groups excluding carboxylic acids is 1. The maximum atomic E-state index is 13.1. The van der Waals surface area contributed by atoms with Gasteiger partial charge < -0.3 is 4.74 Å². The number of carbonyl (C=O) groups is 1. The first kappa shape index (κ1) is 16.7. The molecule has 0 N–H and O–H groups in total. The van der Waals surface area contributed by atoms with Gasteiger partial charge >= 0.3 is 12.1 Å². The van der Waals surface area contributed by atoms with Gasteiger partial charge in [0.2, 0.25) is 0 Å². The van der Waals surface area contributed by atoms with E-state index in [1.807, 2.05) is 0 Å². The molecule has 1 aliphatic heterocycles. The minimum atomic E-state index is -4.95. The van der Waals surface area contributed by atoms with E-state index >= 15 is 0 Å². The predicted octanol–water partition coefficient (Wildman–Crippen LogP) is 3.32. The molecule has 0 amide bonds. The molecular formula is C12H9F5N2O2S. The summed E-state index contributed by atoms with van der Waals surface area (Å²) in [7, 11) is 0.941. The van der Waals surface area contributed by atoms with E-state index in [9.17, 15) is 26.7 Å². The summed E-state index contributed by atoms with van der Waals surface area (Å²) in [5, 5.41) is 0.0193. The number of methoxy groups -OCH3 is 1. The van der Waals surface area contributed by atoms with E-state index in [1.54, 1.807) is 0 Å². The second-order valence-electron chi connectivity index (χ2n) is 4.14. The van der Waals surface area contributed by atoms with E-state index in [4.69, 9.17) is 0 Å². The highest BCUT2D eigenvalue weighted by molar-refractivity contribution is 8.14. The zero-order valence-electron chi connectivity index (χ0n) is 11.1. The first-order valence-electron chi connectivity index (χ1n) is 5.92. The molecule has 0 spiro atoms. The van der Waals surface area contributed by atoms with Crippen molar-refractivity contribution in [2.24, 2.45) is 4.99 Å². The fourth-order valence-electron chi connectivity index (χ4n) is 1.84. The zero-order valence-corrected chi connectivity index (χ0v) is 11.9. The summed E-state index contributed by atoms with van der Waals surface area (Å²) in [6.45, 7) is 0.307. The summed E-state index contributed by atoms with van der Waals surface area (Å²) in [5.41, 5.74) is -3.93.